The predicted octanol–water partition coefficient (Wildman–Crippen LogP) is 4.47. The van der Waals surface area contributed by atoms with E-state index in [1.54, 1.807) is 17.1 Å². The number of nitrogens with zero attached hydrogens (tertiary/aromatic N) is 4. The van der Waals surface area contributed by atoms with Crippen LogP contribution in [0, 0.1) is 22.7 Å². The first-order chi connectivity index (χ1) is 12.8. The Morgan fingerprint density at radius 1 is 0.962 bits per heavy atom. The molecule has 4 aromatic rings. The van der Waals surface area contributed by atoms with Gasteiger partial charge in [0.1, 0.15) is 29.1 Å². The Hall–Kier alpha value is -4.09. The number of hydrogen-bond acceptors (Lipinski definition) is 4. The van der Waals surface area contributed by atoms with Gasteiger partial charge in [-0.25, -0.2) is 4.68 Å². The van der Waals surface area contributed by atoms with Gasteiger partial charge in [0.2, 0.25) is 0 Å². The zero-order valence-electron chi connectivity index (χ0n) is 13.6. The Labute approximate surface area is 149 Å². The zero-order valence-corrected chi connectivity index (χ0v) is 13.6. The molecule has 0 saturated carbocycles. The van der Waals surface area contributed by atoms with Gasteiger partial charge in [-0.2, -0.15) is 15.6 Å². The normalized spacial score (nSPS) is 10.2. The zero-order chi connectivity index (χ0) is 17.9. The number of aromatic nitrogens is 2. The highest BCUT2D eigenvalue weighted by atomic mass is 16.3. The van der Waals surface area contributed by atoms with Crippen LogP contribution < -0.4 is 0 Å². The lowest BCUT2D eigenvalue weighted by atomic mass is 10.0. The average Bonchev–Trinajstić information content (AvgIpc) is 3.33. The minimum Gasteiger partial charge on any atom is -0.456 e. The molecule has 0 aliphatic carbocycles. The number of fused-ring (bicyclic) bond motifs is 1. The van der Waals surface area contributed by atoms with Crippen molar-refractivity contribution >= 4 is 16.5 Å². The Morgan fingerprint density at radius 2 is 1.69 bits per heavy atom. The van der Waals surface area contributed by atoms with Gasteiger partial charge in [-0.05, 0) is 24.3 Å². The Bertz CT molecular complexity index is 1150. The van der Waals surface area contributed by atoms with E-state index in [1.807, 2.05) is 72.8 Å². The highest BCUT2D eigenvalue weighted by Gasteiger charge is 2.18. The summed E-state index contributed by atoms with van der Waals surface area (Å²) in [6.45, 7) is 0. The van der Waals surface area contributed by atoms with E-state index in [4.69, 9.17) is 4.42 Å². The standard InChI is InChI=1S/C21H12N4O/c22-11-16(12-23)21(20-10-15-6-4-5-9-19(15)26-20)17-13-24-25(14-17)18-7-2-1-3-8-18/h1-10,13-14H. The van der Waals surface area contributed by atoms with Crippen molar-refractivity contribution in [2.75, 3.05) is 0 Å². The summed E-state index contributed by atoms with van der Waals surface area (Å²) in [4.78, 5) is 0. The van der Waals surface area contributed by atoms with Crippen molar-refractivity contribution in [3.63, 3.8) is 0 Å². The molecule has 0 bridgehead atoms. The fourth-order valence-corrected chi connectivity index (χ4v) is 2.83. The van der Waals surface area contributed by atoms with E-state index in [0.29, 0.717) is 22.5 Å². The van der Waals surface area contributed by atoms with E-state index in [0.717, 1.165) is 11.1 Å². The molecule has 0 spiro atoms. The molecule has 0 amide bonds. The molecular weight excluding hydrogens is 324 g/mol. The maximum Gasteiger partial charge on any atom is 0.141 e. The third-order valence-electron chi connectivity index (χ3n) is 4.04. The van der Waals surface area contributed by atoms with Crippen LogP contribution in [0.2, 0.25) is 0 Å². The molecule has 2 aromatic carbocycles. The Morgan fingerprint density at radius 3 is 2.42 bits per heavy atom. The first kappa shape index (κ1) is 15.4. The van der Waals surface area contributed by atoms with Crippen molar-refractivity contribution in [2.45, 2.75) is 0 Å². The van der Waals surface area contributed by atoms with Gasteiger partial charge < -0.3 is 4.42 Å². The van der Waals surface area contributed by atoms with Crippen LogP contribution in [-0.2, 0) is 0 Å². The Balaban J connectivity index is 1.89. The van der Waals surface area contributed by atoms with Crippen LogP contribution in [0.5, 0.6) is 0 Å². The van der Waals surface area contributed by atoms with Gasteiger partial charge in [0.15, 0.2) is 0 Å². The molecule has 0 fully saturated rings. The van der Waals surface area contributed by atoms with E-state index in [2.05, 4.69) is 5.10 Å². The number of furan rings is 1. The van der Waals surface area contributed by atoms with Crippen LogP contribution in [-0.4, -0.2) is 9.78 Å². The number of rotatable bonds is 3. The highest BCUT2D eigenvalue weighted by Crippen LogP contribution is 2.31. The minimum atomic E-state index is -0.0170. The molecule has 5 heteroatoms. The number of allylic oxidation sites excluding steroid dienone is 1. The monoisotopic (exact) mass is 336 g/mol. The van der Waals surface area contributed by atoms with Crippen LogP contribution in [0.3, 0.4) is 0 Å². The second-order valence-corrected chi connectivity index (χ2v) is 5.63. The summed E-state index contributed by atoms with van der Waals surface area (Å²) in [5, 5.41) is 24.1. The minimum absolute atomic E-state index is 0.0170. The lowest BCUT2D eigenvalue weighted by molar-refractivity contribution is 0.600. The van der Waals surface area contributed by atoms with Crippen LogP contribution in [0.4, 0.5) is 0 Å². The van der Waals surface area contributed by atoms with E-state index in [1.165, 1.54) is 0 Å². The lowest BCUT2D eigenvalue weighted by Crippen LogP contribution is -1.93. The summed E-state index contributed by atoms with van der Waals surface area (Å²) in [5.74, 6) is 0.469. The summed E-state index contributed by atoms with van der Waals surface area (Å²) >= 11 is 0. The third kappa shape index (κ3) is 2.64. The van der Waals surface area contributed by atoms with Gasteiger partial charge in [0, 0.05) is 17.1 Å². The van der Waals surface area contributed by atoms with E-state index in [9.17, 15) is 10.5 Å². The van der Waals surface area contributed by atoms with E-state index < -0.39 is 0 Å². The predicted molar refractivity (Wildman–Crippen MR) is 97.0 cm³/mol. The Kier molecular flexibility index (Phi) is 3.82. The lowest BCUT2D eigenvalue weighted by Gasteiger charge is -2.02. The molecule has 0 unspecified atom stereocenters. The van der Waals surface area contributed by atoms with Crippen LogP contribution >= 0.6 is 0 Å². The molecule has 0 aliphatic heterocycles. The van der Waals surface area contributed by atoms with Gasteiger partial charge in [0.25, 0.3) is 0 Å². The molecule has 0 radical (unpaired) electrons. The third-order valence-corrected chi connectivity index (χ3v) is 4.04. The summed E-state index contributed by atoms with van der Waals surface area (Å²) in [6, 6.07) is 22.9. The number of para-hydroxylation sites is 2. The van der Waals surface area contributed by atoms with Crippen molar-refractivity contribution in [2.24, 2.45) is 0 Å². The first-order valence-corrected chi connectivity index (χ1v) is 7.94. The smallest absolute Gasteiger partial charge is 0.141 e. The SMILES string of the molecule is N#CC(C#N)=C(c1cnn(-c2ccccc2)c1)c1cc2ccccc2o1. The summed E-state index contributed by atoms with van der Waals surface area (Å²) in [5.41, 5.74) is 2.65. The molecular formula is C21H12N4O. The van der Waals surface area contributed by atoms with E-state index in [-0.39, 0.29) is 5.57 Å². The second-order valence-electron chi connectivity index (χ2n) is 5.63. The number of benzene rings is 2. The molecule has 0 saturated heterocycles. The van der Waals surface area contributed by atoms with Crippen molar-refractivity contribution in [3.8, 4) is 17.8 Å². The second kappa shape index (κ2) is 6.43. The molecule has 0 N–H and O–H groups in total. The quantitative estimate of drug-likeness (QED) is 0.517. The summed E-state index contributed by atoms with van der Waals surface area (Å²) < 4.78 is 7.59. The topological polar surface area (TPSA) is 78.5 Å². The molecule has 2 heterocycles. The summed E-state index contributed by atoms with van der Waals surface area (Å²) in [7, 11) is 0. The van der Waals surface area contributed by atoms with E-state index >= 15 is 0 Å². The molecule has 0 aliphatic rings. The van der Waals surface area contributed by atoms with Crippen molar-refractivity contribution in [1.29, 1.82) is 10.5 Å². The maximum absolute atomic E-state index is 9.42. The van der Waals surface area contributed by atoms with Gasteiger partial charge >= 0.3 is 0 Å². The van der Waals surface area contributed by atoms with Gasteiger partial charge in [0.05, 0.1) is 17.5 Å². The molecule has 122 valence electrons. The first-order valence-electron chi connectivity index (χ1n) is 7.94. The largest absolute Gasteiger partial charge is 0.456 e. The fraction of sp³-hybridized carbons (Fsp3) is 0. The number of hydrogen-bond donors (Lipinski definition) is 0. The van der Waals surface area contributed by atoms with Gasteiger partial charge in [-0.1, -0.05) is 36.4 Å². The maximum atomic E-state index is 9.42. The molecule has 2 aromatic heterocycles. The highest BCUT2D eigenvalue weighted by molar-refractivity contribution is 5.89. The molecule has 0 atom stereocenters. The molecule has 4 rings (SSSR count). The number of nitriles is 2. The van der Waals surface area contributed by atoms with Crippen molar-refractivity contribution < 1.29 is 4.42 Å². The molecule has 26 heavy (non-hydrogen) atoms. The summed E-state index contributed by atoms with van der Waals surface area (Å²) in [6.07, 6.45) is 3.41. The van der Waals surface area contributed by atoms with Crippen LogP contribution in [0.15, 0.2) is 83.0 Å². The fourth-order valence-electron chi connectivity index (χ4n) is 2.83. The van der Waals surface area contributed by atoms with Gasteiger partial charge in [-0.3, -0.25) is 0 Å². The van der Waals surface area contributed by atoms with Crippen molar-refractivity contribution in [1.82, 2.24) is 9.78 Å². The molecule has 5 nitrogen and oxygen atoms in total. The van der Waals surface area contributed by atoms with Crippen molar-refractivity contribution in [3.05, 3.63) is 90.0 Å². The van der Waals surface area contributed by atoms with Crippen LogP contribution in [0.1, 0.15) is 11.3 Å². The van der Waals surface area contributed by atoms with Gasteiger partial charge in [-0.15, -0.1) is 0 Å². The average molecular weight is 336 g/mol. The van der Waals surface area contributed by atoms with Crippen LogP contribution in [0.25, 0.3) is 22.2 Å².